The van der Waals surface area contributed by atoms with E-state index in [-0.39, 0.29) is 41.8 Å². The third kappa shape index (κ3) is 7.24. The molecule has 0 radical (unpaired) electrons. The summed E-state index contributed by atoms with van der Waals surface area (Å²) in [5, 5.41) is 23.5. The van der Waals surface area contributed by atoms with Gasteiger partial charge in [-0.15, -0.1) is 0 Å². The zero-order valence-electron chi connectivity index (χ0n) is 22.6. The van der Waals surface area contributed by atoms with Crippen LogP contribution in [0.2, 0.25) is 0 Å². The van der Waals surface area contributed by atoms with Crippen molar-refractivity contribution in [2.24, 2.45) is 5.92 Å². The number of rotatable bonds is 11. The number of amides is 1. The molecule has 41 heavy (non-hydrogen) atoms. The molecule has 220 valence electrons. The van der Waals surface area contributed by atoms with Crippen molar-refractivity contribution < 1.29 is 37.4 Å². The van der Waals surface area contributed by atoms with Crippen molar-refractivity contribution in [1.82, 2.24) is 9.79 Å². The summed E-state index contributed by atoms with van der Waals surface area (Å²) in [4.78, 5) is 18.9. The van der Waals surface area contributed by atoms with Crippen LogP contribution in [-0.4, -0.2) is 74.5 Å². The monoisotopic (exact) mass is 585 g/mol. The van der Waals surface area contributed by atoms with E-state index >= 15 is 0 Å². The van der Waals surface area contributed by atoms with Crippen molar-refractivity contribution in [2.45, 2.75) is 74.1 Å². The fourth-order valence-corrected chi connectivity index (χ4v) is 6.85. The molecule has 11 nitrogen and oxygen atoms in total. The number of nitriles is 1. The van der Waals surface area contributed by atoms with Crippen molar-refractivity contribution in [3.05, 3.63) is 65.7 Å². The van der Waals surface area contributed by atoms with Gasteiger partial charge in [-0.2, -0.15) is 5.26 Å². The average molecular weight is 586 g/mol. The molecule has 1 saturated carbocycles. The van der Waals surface area contributed by atoms with Gasteiger partial charge in [0.25, 0.3) is 10.0 Å². The molecule has 0 unspecified atom stereocenters. The highest BCUT2D eigenvalue weighted by Crippen LogP contribution is 2.33. The number of sulfonamides is 1. The van der Waals surface area contributed by atoms with E-state index in [1.54, 1.807) is 0 Å². The molecule has 2 N–H and O–H groups in total. The van der Waals surface area contributed by atoms with Crippen LogP contribution in [0, 0.1) is 17.2 Å². The van der Waals surface area contributed by atoms with E-state index < -0.39 is 40.9 Å². The van der Waals surface area contributed by atoms with Crippen LogP contribution in [0.3, 0.4) is 0 Å². The van der Waals surface area contributed by atoms with Crippen LogP contribution in [0.15, 0.2) is 59.5 Å². The van der Waals surface area contributed by atoms with Gasteiger partial charge < -0.3 is 24.6 Å². The highest BCUT2D eigenvalue weighted by atomic mass is 32.2. The lowest BCUT2D eigenvalue weighted by Crippen LogP contribution is -2.51. The van der Waals surface area contributed by atoms with Crippen LogP contribution >= 0.6 is 0 Å². The van der Waals surface area contributed by atoms with Crippen molar-refractivity contribution in [3.63, 3.8) is 0 Å². The molecule has 3 aliphatic rings. The number of nitrogens with zero attached hydrogens (tertiary/aromatic N) is 2. The molecule has 2 heterocycles. The van der Waals surface area contributed by atoms with Crippen LogP contribution in [0.1, 0.15) is 43.2 Å². The van der Waals surface area contributed by atoms with Gasteiger partial charge in [0.2, 0.25) is 0 Å². The summed E-state index contributed by atoms with van der Waals surface area (Å²) >= 11 is 0. The van der Waals surface area contributed by atoms with Gasteiger partial charge in [-0.3, -0.25) is 4.84 Å². The third-order valence-corrected chi connectivity index (χ3v) is 9.36. The molecule has 2 saturated heterocycles. The standard InChI is InChI=1S/C29H35N3O8S/c30-17-21-9-6-12-23(15-21)41(35,36)32(40-22-10-4-5-11-22)18-26(33)25(16-20-7-2-1-3-8-20)31-29(34)39-27-19-38-28-24(27)13-14-37-28/h1-3,6-9,12,15,22,24-28,33H,4-5,10-11,13-14,16,18-19H2,(H,31,34)/t24-,25-,26-,27-,28+/m0/s1. The number of hydrogen-bond donors (Lipinski definition) is 2. The largest absolute Gasteiger partial charge is 0.443 e. The fourth-order valence-electron chi connectivity index (χ4n) is 5.50. The molecule has 0 spiro atoms. The highest BCUT2D eigenvalue weighted by molar-refractivity contribution is 7.89. The molecule has 0 aromatic heterocycles. The number of carbonyl (C=O) groups is 1. The van der Waals surface area contributed by atoms with Crippen molar-refractivity contribution in [1.29, 1.82) is 5.26 Å². The Morgan fingerprint density at radius 3 is 2.66 bits per heavy atom. The first-order valence-corrected chi connectivity index (χ1v) is 15.4. The Morgan fingerprint density at radius 2 is 1.90 bits per heavy atom. The Labute approximate surface area is 240 Å². The number of nitrogens with one attached hydrogen (secondary N) is 1. The minimum absolute atomic E-state index is 0.0529. The first kappa shape index (κ1) is 29.4. The minimum atomic E-state index is -4.25. The molecule has 1 aliphatic carbocycles. The summed E-state index contributed by atoms with van der Waals surface area (Å²) in [5.41, 5.74) is 1.02. The number of hydrogen-bond acceptors (Lipinski definition) is 9. The lowest BCUT2D eigenvalue weighted by Gasteiger charge is -2.31. The smallest absolute Gasteiger partial charge is 0.407 e. The van der Waals surface area contributed by atoms with Crippen LogP contribution in [-0.2, 0) is 35.5 Å². The zero-order chi connectivity index (χ0) is 28.8. The zero-order valence-corrected chi connectivity index (χ0v) is 23.4. The summed E-state index contributed by atoms with van der Waals surface area (Å²) in [6.07, 6.45) is 0.841. The number of benzene rings is 2. The van der Waals surface area contributed by atoms with Gasteiger partial charge >= 0.3 is 6.09 Å². The molecule has 5 atom stereocenters. The SMILES string of the molecule is N#Cc1cccc(S(=O)(=O)N(C[C@H](O)[C@H](Cc2ccccc2)NC(=O)O[C@H]2CO[C@H]3OCC[C@H]32)OC2CCCC2)c1. The maximum Gasteiger partial charge on any atom is 0.407 e. The van der Waals surface area contributed by atoms with Crippen LogP contribution < -0.4 is 5.32 Å². The van der Waals surface area contributed by atoms with Gasteiger partial charge in [0.1, 0.15) is 6.10 Å². The van der Waals surface area contributed by atoms with Gasteiger partial charge in [-0.05, 0) is 49.4 Å². The summed E-state index contributed by atoms with van der Waals surface area (Å²) in [5.74, 6) is -0.0529. The van der Waals surface area contributed by atoms with E-state index in [9.17, 15) is 23.6 Å². The predicted molar refractivity (Wildman–Crippen MR) is 146 cm³/mol. The number of alkyl carbamates (subject to hydrolysis) is 1. The average Bonchev–Trinajstić information content (AvgIpc) is 3.74. The number of aliphatic hydroxyl groups excluding tert-OH is 1. The van der Waals surface area contributed by atoms with E-state index in [4.69, 9.17) is 19.0 Å². The highest BCUT2D eigenvalue weighted by Gasteiger charge is 2.44. The first-order valence-electron chi connectivity index (χ1n) is 14.0. The number of aliphatic hydroxyl groups is 1. The first-order chi connectivity index (χ1) is 19.8. The Balaban J connectivity index is 1.35. The second-order valence-corrected chi connectivity index (χ2v) is 12.4. The van der Waals surface area contributed by atoms with Gasteiger partial charge in [-0.1, -0.05) is 53.7 Å². The molecular formula is C29H35N3O8S. The van der Waals surface area contributed by atoms with Gasteiger partial charge in [0.15, 0.2) is 6.29 Å². The molecule has 2 aliphatic heterocycles. The van der Waals surface area contributed by atoms with Gasteiger partial charge in [0.05, 0.1) is 60.5 Å². The van der Waals surface area contributed by atoms with E-state index in [0.29, 0.717) is 19.4 Å². The summed E-state index contributed by atoms with van der Waals surface area (Å²) < 4.78 is 44.9. The van der Waals surface area contributed by atoms with E-state index in [1.165, 1.54) is 24.3 Å². The maximum atomic E-state index is 13.7. The van der Waals surface area contributed by atoms with Crippen molar-refractivity contribution in [3.8, 4) is 6.07 Å². The number of ether oxygens (including phenoxy) is 3. The normalized spacial score (nSPS) is 24.1. The Kier molecular flexibility index (Phi) is 9.54. The topological polar surface area (TPSA) is 147 Å². The van der Waals surface area contributed by atoms with Crippen molar-refractivity contribution >= 4 is 16.1 Å². The molecule has 0 bridgehead atoms. The maximum absolute atomic E-state index is 13.7. The quantitative estimate of drug-likeness (QED) is 0.380. The van der Waals surface area contributed by atoms with Crippen LogP contribution in [0.5, 0.6) is 0 Å². The third-order valence-electron chi connectivity index (χ3n) is 7.74. The van der Waals surface area contributed by atoms with Gasteiger partial charge in [0, 0.05) is 0 Å². The summed E-state index contributed by atoms with van der Waals surface area (Å²) in [6, 6.07) is 16.0. The number of hydroxylamine groups is 1. The fraction of sp³-hybridized carbons (Fsp3) is 0.517. The van der Waals surface area contributed by atoms with E-state index in [1.807, 2.05) is 36.4 Å². The van der Waals surface area contributed by atoms with E-state index in [2.05, 4.69) is 5.32 Å². The van der Waals surface area contributed by atoms with Crippen molar-refractivity contribution in [2.75, 3.05) is 19.8 Å². The number of fused-ring (bicyclic) bond motifs is 1. The predicted octanol–water partition coefficient (Wildman–Crippen LogP) is 2.88. The molecule has 1 amide bonds. The van der Waals surface area contributed by atoms with E-state index in [0.717, 1.165) is 29.3 Å². The molecule has 3 fully saturated rings. The molecule has 2 aromatic carbocycles. The minimum Gasteiger partial charge on any atom is -0.443 e. The lowest BCUT2D eigenvalue weighted by molar-refractivity contribution is -0.145. The lowest BCUT2D eigenvalue weighted by atomic mass is 10.0. The Morgan fingerprint density at radius 1 is 1.12 bits per heavy atom. The van der Waals surface area contributed by atoms with Crippen LogP contribution in [0.25, 0.3) is 0 Å². The molecule has 12 heteroatoms. The Bertz CT molecular complexity index is 1330. The van der Waals surface area contributed by atoms with Gasteiger partial charge in [-0.25, -0.2) is 13.2 Å². The van der Waals surface area contributed by atoms with Crippen LogP contribution in [0.4, 0.5) is 4.79 Å². The number of carbonyl (C=O) groups excluding carboxylic acids is 1. The molecule has 5 rings (SSSR count). The second kappa shape index (κ2) is 13.3. The second-order valence-electron chi connectivity index (χ2n) is 10.6. The molecular weight excluding hydrogens is 550 g/mol. The molecule has 2 aromatic rings. The summed E-state index contributed by atoms with van der Waals surface area (Å²) in [6.45, 7) is 0.310. The Hall–Kier alpha value is -3.05. The summed E-state index contributed by atoms with van der Waals surface area (Å²) in [7, 11) is -4.25.